The summed E-state index contributed by atoms with van der Waals surface area (Å²) in [7, 11) is 0. The molecular formula is C20H22N2O8. The number of nitrogens with one attached hydrogen (secondary N) is 2. The maximum absolute atomic E-state index is 12.5. The van der Waals surface area contributed by atoms with Gasteiger partial charge in [-0.1, -0.05) is 12.8 Å². The van der Waals surface area contributed by atoms with Gasteiger partial charge in [-0.3, -0.25) is 9.59 Å². The lowest BCUT2D eigenvalue weighted by Crippen LogP contribution is -2.53. The molecule has 10 nitrogen and oxygen atoms in total. The number of hydrogen-bond donors (Lipinski definition) is 8. The summed E-state index contributed by atoms with van der Waals surface area (Å²) in [6, 6.07) is 3.16. The largest absolute Gasteiger partial charge is 0.504 e. The van der Waals surface area contributed by atoms with E-state index < -0.39 is 58.4 Å². The van der Waals surface area contributed by atoms with E-state index in [9.17, 15) is 40.2 Å². The van der Waals surface area contributed by atoms with Crippen LogP contribution >= 0.6 is 0 Å². The Morgan fingerprint density at radius 1 is 0.633 bits per heavy atom. The Morgan fingerprint density at radius 3 is 1.23 bits per heavy atom. The molecule has 1 saturated carbocycles. The maximum atomic E-state index is 12.5. The quantitative estimate of drug-likeness (QED) is 0.343. The molecule has 0 aliphatic heterocycles. The van der Waals surface area contributed by atoms with Crippen LogP contribution in [-0.4, -0.2) is 54.5 Å². The van der Waals surface area contributed by atoms with Gasteiger partial charge in [0, 0.05) is 23.2 Å². The molecule has 0 spiro atoms. The van der Waals surface area contributed by atoms with E-state index in [4.69, 9.17) is 0 Å². The molecular weight excluding hydrogens is 396 g/mol. The molecule has 0 heterocycles. The van der Waals surface area contributed by atoms with Gasteiger partial charge < -0.3 is 41.3 Å². The zero-order valence-electron chi connectivity index (χ0n) is 15.8. The van der Waals surface area contributed by atoms with E-state index >= 15 is 0 Å². The first-order valence-corrected chi connectivity index (χ1v) is 9.29. The highest BCUT2D eigenvalue weighted by Crippen LogP contribution is 2.36. The normalized spacial score (nSPS) is 18.5. The van der Waals surface area contributed by atoms with Gasteiger partial charge in [-0.2, -0.15) is 0 Å². The van der Waals surface area contributed by atoms with E-state index in [1.165, 1.54) is 0 Å². The molecule has 3 rings (SSSR count). The predicted molar refractivity (Wildman–Crippen MR) is 104 cm³/mol. The van der Waals surface area contributed by atoms with Gasteiger partial charge in [0.05, 0.1) is 0 Å². The number of hydrogen-bond acceptors (Lipinski definition) is 8. The van der Waals surface area contributed by atoms with Gasteiger partial charge in [0.25, 0.3) is 11.8 Å². The van der Waals surface area contributed by atoms with Crippen molar-refractivity contribution in [2.24, 2.45) is 0 Å². The van der Waals surface area contributed by atoms with Gasteiger partial charge in [-0.15, -0.1) is 0 Å². The van der Waals surface area contributed by atoms with Gasteiger partial charge in [0.2, 0.25) is 0 Å². The van der Waals surface area contributed by atoms with E-state index in [0.717, 1.165) is 37.1 Å². The predicted octanol–water partition coefficient (Wildman–Crippen LogP) is 1.39. The number of phenols is 6. The van der Waals surface area contributed by atoms with Crippen LogP contribution in [0.2, 0.25) is 0 Å². The summed E-state index contributed by atoms with van der Waals surface area (Å²) in [6.45, 7) is 0. The molecule has 2 aromatic rings. The highest BCUT2D eigenvalue weighted by molar-refractivity contribution is 5.97. The van der Waals surface area contributed by atoms with Crippen molar-refractivity contribution in [2.45, 2.75) is 37.8 Å². The third kappa shape index (κ3) is 4.27. The van der Waals surface area contributed by atoms with Crippen LogP contribution in [0.4, 0.5) is 0 Å². The summed E-state index contributed by atoms with van der Waals surface area (Å²) in [4.78, 5) is 25.1. The van der Waals surface area contributed by atoms with E-state index in [-0.39, 0.29) is 11.1 Å². The minimum Gasteiger partial charge on any atom is -0.504 e. The summed E-state index contributed by atoms with van der Waals surface area (Å²) in [5.41, 5.74) is -0.126. The molecule has 2 unspecified atom stereocenters. The lowest BCUT2D eigenvalue weighted by molar-refractivity contribution is 0.0862. The number of rotatable bonds is 4. The number of carbonyl (C=O) groups excluding carboxylic acids is 2. The number of benzene rings is 2. The molecule has 2 amide bonds. The van der Waals surface area contributed by atoms with Crippen LogP contribution in [0.25, 0.3) is 0 Å². The summed E-state index contributed by atoms with van der Waals surface area (Å²) in [5, 5.41) is 62.7. The van der Waals surface area contributed by atoms with E-state index in [0.29, 0.717) is 12.8 Å². The zero-order valence-corrected chi connectivity index (χ0v) is 15.8. The second-order valence-corrected chi connectivity index (χ2v) is 7.17. The van der Waals surface area contributed by atoms with Crippen molar-refractivity contribution in [1.82, 2.24) is 10.6 Å². The van der Waals surface area contributed by atoms with E-state index in [2.05, 4.69) is 10.6 Å². The number of amides is 2. The number of carbonyl (C=O) groups is 2. The van der Waals surface area contributed by atoms with Crippen LogP contribution in [0.1, 0.15) is 46.4 Å². The third-order valence-electron chi connectivity index (χ3n) is 5.06. The minimum absolute atomic E-state index is 0.0631. The van der Waals surface area contributed by atoms with Crippen LogP contribution in [0.5, 0.6) is 34.5 Å². The monoisotopic (exact) mass is 418 g/mol. The molecule has 1 aliphatic carbocycles. The lowest BCUT2D eigenvalue weighted by atomic mass is 9.89. The third-order valence-corrected chi connectivity index (χ3v) is 5.06. The van der Waals surface area contributed by atoms with Crippen molar-refractivity contribution in [3.05, 3.63) is 35.4 Å². The second-order valence-electron chi connectivity index (χ2n) is 7.17. The molecule has 0 bridgehead atoms. The van der Waals surface area contributed by atoms with Gasteiger partial charge in [0.15, 0.2) is 34.5 Å². The van der Waals surface area contributed by atoms with Gasteiger partial charge in [-0.05, 0) is 37.1 Å². The molecule has 8 N–H and O–H groups in total. The number of phenolic OH excluding ortho intramolecular Hbond substituents is 6. The fourth-order valence-electron chi connectivity index (χ4n) is 3.45. The van der Waals surface area contributed by atoms with Crippen LogP contribution < -0.4 is 10.6 Å². The fourth-order valence-corrected chi connectivity index (χ4v) is 3.45. The van der Waals surface area contributed by atoms with E-state index in [1.807, 2.05) is 0 Å². The number of aromatic hydroxyl groups is 6. The topological polar surface area (TPSA) is 180 Å². The highest BCUT2D eigenvalue weighted by atomic mass is 16.3. The Morgan fingerprint density at radius 2 is 0.933 bits per heavy atom. The molecule has 2 atom stereocenters. The van der Waals surface area contributed by atoms with Gasteiger partial charge in [-0.25, -0.2) is 0 Å². The molecule has 1 fully saturated rings. The van der Waals surface area contributed by atoms with Gasteiger partial charge >= 0.3 is 0 Å². The molecule has 0 radical (unpaired) electrons. The summed E-state index contributed by atoms with van der Waals surface area (Å²) >= 11 is 0. The molecule has 0 saturated heterocycles. The van der Waals surface area contributed by atoms with E-state index in [1.54, 1.807) is 0 Å². The van der Waals surface area contributed by atoms with Crippen LogP contribution in [0.15, 0.2) is 24.3 Å². The Kier molecular flexibility index (Phi) is 5.77. The smallest absolute Gasteiger partial charge is 0.251 e. The zero-order chi connectivity index (χ0) is 22.0. The Labute approximate surface area is 171 Å². The van der Waals surface area contributed by atoms with Crippen molar-refractivity contribution < 1.29 is 40.2 Å². The first-order chi connectivity index (χ1) is 14.2. The molecule has 10 heteroatoms. The average Bonchev–Trinajstić information content (AvgIpc) is 2.70. The summed E-state index contributed by atoms with van der Waals surface area (Å²) in [6.07, 6.45) is 2.76. The van der Waals surface area contributed by atoms with Crippen molar-refractivity contribution in [1.29, 1.82) is 0 Å². The first-order valence-electron chi connectivity index (χ1n) is 9.29. The van der Waals surface area contributed by atoms with Crippen LogP contribution in [0, 0.1) is 0 Å². The Hall–Kier alpha value is -3.82. The highest BCUT2D eigenvalue weighted by Gasteiger charge is 2.29. The molecule has 160 valence electrons. The SMILES string of the molecule is O=C(NC1CCCCC1NC(=O)c1cc(O)c(O)c(O)c1)c1cc(O)c(O)c(O)c1. The van der Waals surface area contributed by atoms with Crippen molar-refractivity contribution in [3.8, 4) is 34.5 Å². The Bertz CT molecular complexity index is 865. The summed E-state index contributed by atoms with van der Waals surface area (Å²) in [5.74, 6) is -5.22. The van der Waals surface area contributed by atoms with Crippen molar-refractivity contribution >= 4 is 11.8 Å². The molecule has 30 heavy (non-hydrogen) atoms. The van der Waals surface area contributed by atoms with Crippen LogP contribution in [-0.2, 0) is 0 Å². The van der Waals surface area contributed by atoms with Crippen molar-refractivity contribution in [2.75, 3.05) is 0 Å². The van der Waals surface area contributed by atoms with Gasteiger partial charge in [0.1, 0.15) is 0 Å². The standard InChI is InChI=1S/C20H22N2O8/c23-13-5-9(6-14(24)17(13)27)19(29)21-11-3-1-2-4-12(11)22-20(30)10-7-15(25)18(28)16(26)8-10/h5-8,11-12,23-28H,1-4H2,(H,21,29)(H,22,30). The summed E-state index contributed by atoms with van der Waals surface area (Å²) < 4.78 is 0. The average molecular weight is 418 g/mol. The second kappa shape index (κ2) is 8.27. The fraction of sp³-hybridized carbons (Fsp3) is 0.300. The molecule has 2 aromatic carbocycles. The minimum atomic E-state index is -0.727. The van der Waals surface area contributed by atoms with Crippen molar-refractivity contribution in [3.63, 3.8) is 0 Å². The van der Waals surface area contributed by atoms with Crippen LogP contribution in [0.3, 0.4) is 0 Å². The molecule has 0 aromatic heterocycles. The Balaban J connectivity index is 1.73. The molecule has 1 aliphatic rings. The maximum Gasteiger partial charge on any atom is 0.251 e. The lowest BCUT2D eigenvalue weighted by Gasteiger charge is -2.33. The first kappa shape index (κ1) is 20.9.